The van der Waals surface area contributed by atoms with Crippen molar-refractivity contribution >= 4 is 47.2 Å². The highest BCUT2D eigenvalue weighted by molar-refractivity contribution is 6.39. The van der Waals surface area contributed by atoms with Crippen molar-refractivity contribution < 1.29 is 23.9 Å². The summed E-state index contributed by atoms with van der Waals surface area (Å²) >= 11 is 6.53. The van der Waals surface area contributed by atoms with Gasteiger partial charge in [0.05, 0.1) is 18.4 Å². The van der Waals surface area contributed by atoms with Crippen LogP contribution in [-0.2, 0) is 20.7 Å². The summed E-state index contributed by atoms with van der Waals surface area (Å²) in [6.45, 7) is 4.09. The van der Waals surface area contributed by atoms with E-state index in [0.717, 1.165) is 16.0 Å². The molecule has 7 nitrogen and oxygen atoms in total. The quantitative estimate of drug-likeness (QED) is 0.301. The molecule has 3 aromatic rings. The van der Waals surface area contributed by atoms with Crippen LogP contribution in [0.25, 0.3) is 6.08 Å². The Labute approximate surface area is 213 Å². The van der Waals surface area contributed by atoms with E-state index in [0.29, 0.717) is 17.0 Å². The molecule has 182 valence electrons. The Morgan fingerprint density at radius 3 is 2.25 bits per heavy atom. The van der Waals surface area contributed by atoms with Crippen molar-refractivity contribution in [2.45, 2.75) is 20.3 Å². The molecule has 0 bridgehead atoms. The standard InChI is InChI=1S/C28H23ClN2O5/c1-16-10-17(2)12-19(11-16)13-21-5-4-18(15-24(21)29)14-23-25(32)30-28(35)31(26(23)33)22-8-6-20(7-9-22)27(34)36-3/h4-12,14-15H,13H2,1-3H3,(H,30,32,35)/b23-14+. The van der Waals surface area contributed by atoms with Gasteiger partial charge in [-0.25, -0.2) is 14.5 Å². The van der Waals surface area contributed by atoms with Gasteiger partial charge in [0.2, 0.25) is 0 Å². The molecule has 3 aromatic carbocycles. The second kappa shape index (κ2) is 10.2. The maximum absolute atomic E-state index is 13.1. The Hall–Kier alpha value is -4.23. The Balaban J connectivity index is 1.60. The van der Waals surface area contributed by atoms with Crippen LogP contribution in [0.15, 0.2) is 66.2 Å². The molecule has 1 saturated heterocycles. The van der Waals surface area contributed by atoms with Crippen LogP contribution in [0.3, 0.4) is 0 Å². The predicted molar refractivity (Wildman–Crippen MR) is 137 cm³/mol. The first-order valence-electron chi connectivity index (χ1n) is 11.1. The average Bonchev–Trinajstić information content (AvgIpc) is 2.82. The van der Waals surface area contributed by atoms with Gasteiger partial charge in [-0.3, -0.25) is 14.9 Å². The molecule has 1 fully saturated rings. The van der Waals surface area contributed by atoms with Gasteiger partial charge in [0.25, 0.3) is 11.8 Å². The van der Waals surface area contributed by atoms with E-state index >= 15 is 0 Å². The number of nitrogens with one attached hydrogen (secondary N) is 1. The summed E-state index contributed by atoms with van der Waals surface area (Å²) in [5, 5.41) is 2.68. The summed E-state index contributed by atoms with van der Waals surface area (Å²) in [7, 11) is 1.25. The largest absolute Gasteiger partial charge is 0.465 e. The van der Waals surface area contributed by atoms with Gasteiger partial charge in [0.1, 0.15) is 5.57 Å². The van der Waals surface area contributed by atoms with Gasteiger partial charge in [-0.15, -0.1) is 0 Å². The maximum Gasteiger partial charge on any atom is 0.337 e. The van der Waals surface area contributed by atoms with Gasteiger partial charge in [-0.05, 0) is 73.4 Å². The van der Waals surface area contributed by atoms with E-state index < -0.39 is 23.8 Å². The fourth-order valence-electron chi connectivity index (χ4n) is 4.11. The van der Waals surface area contributed by atoms with Crippen LogP contribution in [0.4, 0.5) is 10.5 Å². The van der Waals surface area contributed by atoms with E-state index in [4.69, 9.17) is 11.6 Å². The molecule has 0 atom stereocenters. The van der Waals surface area contributed by atoms with Crippen LogP contribution in [0.1, 0.15) is 38.2 Å². The molecule has 36 heavy (non-hydrogen) atoms. The van der Waals surface area contributed by atoms with Crippen LogP contribution in [0, 0.1) is 13.8 Å². The molecule has 0 spiro atoms. The van der Waals surface area contributed by atoms with E-state index in [9.17, 15) is 19.2 Å². The smallest absolute Gasteiger partial charge is 0.337 e. The summed E-state index contributed by atoms with van der Waals surface area (Å²) in [4.78, 5) is 50.6. The Morgan fingerprint density at radius 2 is 1.64 bits per heavy atom. The molecule has 0 radical (unpaired) electrons. The Bertz CT molecular complexity index is 1410. The highest BCUT2D eigenvalue weighted by atomic mass is 35.5. The van der Waals surface area contributed by atoms with Crippen LogP contribution in [-0.4, -0.2) is 30.9 Å². The van der Waals surface area contributed by atoms with Crippen molar-refractivity contribution in [2.24, 2.45) is 0 Å². The lowest BCUT2D eigenvalue weighted by molar-refractivity contribution is -0.122. The number of aryl methyl sites for hydroxylation is 2. The summed E-state index contributed by atoms with van der Waals surface area (Å²) in [6, 6.07) is 16.4. The zero-order valence-corrected chi connectivity index (χ0v) is 20.7. The zero-order valence-electron chi connectivity index (χ0n) is 19.9. The van der Waals surface area contributed by atoms with E-state index in [1.54, 1.807) is 12.1 Å². The molecule has 0 aliphatic carbocycles. The normalized spacial score (nSPS) is 14.7. The minimum atomic E-state index is -0.880. The van der Waals surface area contributed by atoms with Crippen molar-refractivity contribution in [3.05, 3.63) is 105 Å². The molecular formula is C28H23ClN2O5. The second-order valence-corrected chi connectivity index (χ2v) is 8.93. The number of anilines is 1. The molecule has 1 heterocycles. The topological polar surface area (TPSA) is 92.8 Å². The fourth-order valence-corrected chi connectivity index (χ4v) is 4.37. The van der Waals surface area contributed by atoms with Gasteiger partial charge >= 0.3 is 12.0 Å². The number of imide groups is 2. The van der Waals surface area contributed by atoms with Crippen molar-refractivity contribution in [3.63, 3.8) is 0 Å². The highest BCUT2D eigenvalue weighted by Gasteiger charge is 2.36. The molecule has 1 N–H and O–H groups in total. The van der Waals surface area contributed by atoms with Gasteiger partial charge in [-0.2, -0.15) is 0 Å². The number of carbonyl (C=O) groups is 4. The fraction of sp³-hybridized carbons (Fsp3) is 0.143. The number of hydrogen-bond donors (Lipinski definition) is 1. The lowest BCUT2D eigenvalue weighted by Gasteiger charge is -2.26. The minimum Gasteiger partial charge on any atom is -0.465 e. The number of benzene rings is 3. The first-order valence-corrected chi connectivity index (χ1v) is 11.5. The van der Waals surface area contributed by atoms with Crippen molar-refractivity contribution in [1.82, 2.24) is 5.32 Å². The summed E-state index contributed by atoms with van der Waals surface area (Å²) < 4.78 is 4.66. The third-order valence-electron chi connectivity index (χ3n) is 5.71. The number of halogens is 1. The predicted octanol–water partition coefficient (Wildman–Crippen LogP) is 5.00. The maximum atomic E-state index is 13.1. The third kappa shape index (κ3) is 5.21. The number of nitrogens with zero attached hydrogens (tertiary/aromatic N) is 1. The lowest BCUT2D eigenvalue weighted by atomic mass is 9.99. The number of hydrogen-bond acceptors (Lipinski definition) is 5. The molecule has 1 aliphatic heterocycles. The summed E-state index contributed by atoms with van der Waals surface area (Å²) in [5.41, 5.74) is 5.16. The molecule has 0 unspecified atom stereocenters. The SMILES string of the molecule is COC(=O)c1ccc(N2C(=O)NC(=O)/C(=C\c3ccc(Cc4cc(C)cc(C)c4)c(Cl)c3)C2=O)cc1. The van der Waals surface area contributed by atoms with Gasteiger partial charge in [0, 0.05) is 5.02 Å². The number of rotatable bonds is 5. The van der Waals surface area contributed by atoms with Crippen molar-refractivity contribution in [2.75, 3.05) is 12.0 Å². The highest BCUT2D eigenvalue weighted by Crippen LogP contribution is 2.26. The summed E-state index contributed by atoms with van der Waals surface area (Å²) in [6.07, 6.45) is 2.04. The zero-order chi connectivity index (χ0) is 26.0. The first kappa shape index (κ1) is 24.9. The van der Waals surface area contributed by atoms with Crippen LogP contribution < -0.4 is 10.2 Å². The number of esters is 1. The first-order chi connectivity index (χ1) is 17.2. The minimum absolute atomic E-state index is 0.199. The lowest BCUT2D eigenvalue weighted by Crippen LogP contribution is -2.54. The molecule has 8 heteroatoms. The number of methoxy groups -OCH3 is 1. The van der Waals surface area contributed by atoms with E-state index in [1.807, 2.05) is 19.9 Å². The van der Waals surface area contributed by atoms with E-state index in [1.165, 1.54) is 48.6 Å². The molecule has 4 rings (SSSR count). The van der Waals surface area contributed by atoms with Crippen LogP contribution >= 0.6 is 11.6 Å². The summed E-state index contributed by atoms with van der Waals surface area (Å²) in [5.74, 6) is -2.14. The van der Waals surface area contributed by atoms with Gasteiger partial charge < -0.3 is 4.74 Å². The van der Waals surface area contributed by atoms with E-state index in [2.05, 4.69) is 28.3 Å². The third-order valence-corrected chi connectivity index (χ3v) is 6.06. The van der Waals surface area contributed by atoms with Crippen molar-refractivity contribution in [1.29, 1.82) is 0 Å². The Kier molecular flexibility index (Phi) is 7.03. The number of urea groups is 1. The molecule has 0 aromatic heterocycles. The monoisotopic (exact) mass is 502 g/mol. The number of ether oxygens (including phenoxy) is 1. The molecule has 4 amide bonds. The second-order valence-electron chi connectivity index (χ2n) is 8.52. The Morgan fingerprint density at radius 1 is 0.972 bits per heavy atom. The number of amides is 4. The van der Waals surface area contributed by atoms with Gasteiger partial charge in [-0.1, -0.05) is 53.1 Å². The van der Waals surface area contributed by atoms with Crippen LogP contribution in [0.2, 0.25) is 5.02 Å². The molecule has 1 aliphatic rings. The number of carbonyl (C=O) groups excluding carboxylic acids is 4. The van der Waals surface area contributed by atoms with Crippen LogP contribution in [0.5, 0.6) is 0 Å². The molecular weight excluding hydrogens is 480 g/mol. The average molecular weight is 503 g/mol. The molecule has 0 saturated carbocycles. The number of barbiturate groups is 1. The van der Waals surface area contributed by atoms with E-state index in [-0.39, 0.29) is 16.8 Å². The van der Waals surface area contributed by atoms with Crippen molar-refractivity contribution in [3.8, 4) is 0 Å². The van der Waals surface area contributed by atoms with Gasteiger partial charge in [0.15, 0.2) is 0 Å².